The van der Waals surface area contributed by atoms with Gasteiger partial charge in [-0.3, -0.25) is 0 Å². The molecule has 0 aromatic heterocycles. The molecule has 1 heterocycles. The number of ether oxygens (including phenoxy) is 1. The molecular weight excluding hydrogens is 180 g/mol. The summed E-state index contributed by atoms with van der Waals surface area (Å²) in [5.41, 5.74) is 5.39. The smallest absolute Gasteiger partial charge is 0.410 e. The van der Waals surface area contributed by atoms with Gasteiger partial charge in [-0.15, -0.1) is 0 Å². The van der Waals surface area contributed by atoms with E-state index in [-0.39, 0.29) is 6.09 Å². The van der Waals surface area contributed by atoms with Crippen LogP contribution in [0.5, 0.6) is 0 Å². The fourth-order valence-corrected chi connectivity index (χ4v) is 2.05. The third-order valence-electron chi connectivity index (χ3n) is 2.91. The highest BCUT2D eigenvalue weighted by atomic mass is 16.6. The average Bonchev–Trinajstić information content (AvgIpc) is 2.47. The number of amides is 1. The van der Waals surface area contributed by atoms with Crippen molar-refractivity contribution in [3.63, 3.8) is 0 Å². The Bertz CT molecular complexity index is 247. The van der Waals surface area contributed by atoms with Crippen LogP contribution in [0.4, 0.5) is 4.79 Å². The van der Waals surface area contributed by atoms with E-state index in [4.69, 9.17) is 10.5 Å². The van der Waals surface area contributed by atoms with Gasteiger partial charge in [-0.2, -0.15) is 0 Å². The second-order valence-corrected chi connectivity index (χ2v) is 5.29. The molecule has 0 spiro atoms. The van der Waals surface area contributed by atoms with Crippen molar-refractivity contribution in [1.29, 1.82) is 0 Å². The predicted molar refractivity (Wildman–Crippen MR) is 52.8 cm³/mol. The molecule has 4 heteroatoms. The lowest BCUT2D eigenvalue weighted by Crippen LogP contribution is -2.38. The molecule has 0 radical (unpaired) electrons. The minimum atomic E-state index is -0.397. The Morgan fingerprint density at radius 2 is 1.86 bits per heavy atom. The molecule has 1 aliphatic heterocycles. The van der Waals surface area contributed by atoms with Crippen LogP contribution in [0.15, 0.2) is 0 Å². The van der Waals surface area contributed by atoms with Crippen LogP contribution in [0, 0.1) is 11.8 Å². The first-order chi connectivity index (χ1) is 6.38. The van der Waals surface area contributed by atoms with Gasteiger partial charge in [0.15, 0.2) is 0 Å². The summed E-state index contributed by atoms with van der Waals surface area (Å²) in [6.07, 6.45) is -0.197. The molecule has 1 aliphatic carbocycles. The molecule has 1 saturated heterocycles. The number of likely N-dealkylation sites (tertiary alicyclic amines) is 1. The van der Waals surface area contributed by atoms with Crippen molar-refractivity contribution in [2.45, 2.75) is 32.4 Å². The molecule has 4 nitrogen and oxygen atoms in total. The molecule has 0 aromatic rings. The van der Waals surface area contributed by atoms with Gasteiger partial charge in [0, 0.05) is 19.1 Å². The Morgan fingerprint density at radius 3 is 2.29 bits per heavy atom. The van der Waals surface area contributed by atoms with Gasteiger partial charge in [-0.05, 0) is 32.6 Å². The van der Waals surface area contributed by atoms with Crippen molar-refractivity contribution in [2.75, 3.05) is 13.1 Å². The summed E-state index contributed by atoms with van der Waals surface area (Å²) < 4.78 is 5.27. The molecule has 0 unspecified atom stereocenters. The van der Waals surface area contributed by atoms with Crippen LogP contribution in [0.2, 0.25) is 0 Å². The van der Waals surface area contributed by atoms with Crippen molar-refractivity contribution in [1.82, 2.24) is 4.90 Å². The first-order valence-electron chi connectivity index (χ1n) is 5.12. The van der Waals surface area contributed by atoms with Gasteiger partial charge in [0.05, 0.1) is 0 Å². The number of hydrogen-bond acceptors (Lipinski definition) is 3. The summed E-state index contributed by atoms with van der Waals surface area (Å²) in [4.78, 5) is 13.4. The highest BCUT2D eigenvalue weighted by Gasteiger charge is 2.55. The molecule has 2 aliphatic rings. The number of piperidine rings is 1. The number of nitrogens with two attached hydrogens (primary N) is 1. The van der Waals surface area contributed by atoms with E-state index in [9.17, 15) is 4.79 Å². The van der Waals surface area contributed by atoms with Gasteiger partial charge < -0.3 is 15.4 Å². The summed E-state index contributed by atoms with van der Waals surface area (Å²) in [6, 6.07) is 0.327. The quantitative estimate of drug-likeness (QED) is 0.626. The van der Waals surface area contributed by atoms with Crippen LogP contribution >= 0.6 is 0 Å². The van der Waals surface area contributed by atoms with Crippen LogP contribution in [-0.4, -0.2) is 35.7 Å². The molecule has 2 fully saturated rings. The summed E-state index contributed by atoms with van der Waals surface area (Å²) in [6.45, 7) is 7.20. The van der Waals surface area contributed by atoms with Crippen molar-refractivity contribution in [3.8, 4) is 0 Å². The average molecular weight is 198 g/mol. The fraction of sp³-hybridized carbons (Fsp3) is 0.900. The van der Waals surface area contributed by atoms with Crippen molar-refractivity contribution in [2.24, 2.45) is 17.6 Å². The van der Waals surface area contributed by atoms with E-state index in [0.29, 0.717) is 17.9 Å². The summed E-state index contributed by atoms with van der Waals surface area (Å²) in [5.74, 6) is 1.06. The standard InChI is InChI=1S/C10H18N2O2/c1-10(2,3)14-9(13)12-4-6-7(5-12)8(6)11/h6-8H,4-5,11H2,1-3H3/t6-,7-/m0/s1. The topological polar surface area (TPSA) is 55.6 Å². The van der Waals surface area contributed by atoms with Crippen LogP contribution in [0.25, 0.3) is 0 Å². The van der Waals surface area contributed by atoms with E-state index in [1.54, 1.807) is 4.90 Å². The van der Waals surface area contributed by atoms with Crippen molar-refractivity contribution >= 4 is 6.09 Å². The maximum absolute atomic E-state index is 11.6. The van der Waals surface area contributed by atoms with E-state index in [1.807, 2.05) is 20.8 Å². The number of hydrogen-bond donors (Lipinski definition) is 1. The van der Waals surface area contributed by atoms with E-state index in [2.05, 4.69) is 0 Å². The van der Waals surface area contributed by atoms with Crippen molar-refractivity contribution < 1.29 is 9.53 Å². The first kappa shape index (κ1) is 9.77. The molecule has 0 bridgehead atoms. The lowest BCUT2D eigenvalue weighted by Gasteiger charge is -2.25. The maximum Gasteiger partial charge on any atom is 0.410 e. The van der Waals surface area contributed by atoms with Gasteiger partial charge >= 0.3 is 6.09 Å². The maximum atomic E-state index is 11.6. The van der Waals surface area contributed by atoms with E-state index >= 15 is 0 Å². The van der Waals surface area contributed by atoms with Crippen molar-refractivity contribution in [3.05, 3.63) is 0 Å². The molecule has 1 saturated carbocycles. The molecule has 2 atom stereocenters. The Hall–Kier alpha value is -0.770. The summed E-state index contributed by atoms with van der Waals surface area (Å²) in [5, 5.41) is 0. The van der Waals surface area contributed by atoms with Crippen LogP contribution in [-0.2, 0) is 4.74 Å². The fourth-order valence-electron chi connectivity index (χ4n) is 2.05. The van der Waals surface area contributed by atoms with Crippen LogP contribution < -0.4 is 5.73 Å². The third kappa shape index (κ3) is 1.71. The monoisotopic (exact) mass is 198 g/mol. The minimum Gasteiger partial charge on any atom is -0.444 e. The second kappa shape index (κ2) is 2.86. The highest BCUT2D eigenvalue weighted by Crippen LogP contribution is 2.43. The van der Waals surface area contributed by atoms with Gasteiger partial charge in [-0.25, -0.2) is 4.79 Å². The zero-order valence-electron chi connectivity index (χ0n) is 8.99. The Balaban J connectivity index is 1.84. The summed E-state index contributed by atoms with van der Waals surface area (Å²) >= 11 is 0. The first-order valence-corrected chi connectivity index (χ1v) is 5.12. The number of rotatable bonds is 0. The zero-order chi connectivity index (χ0) is 10.5. The number of carbonyl (C=O) groups excluding carboxylic acids is 1. The Morgan fingerprint density at radius 1 is 1.36 bits per heavy atom. The van der Waals surface area contributed by atoms with Gasteiger partial charge in [-0.1, -0.05) is 0 Å². The molecular formula is C10H18N2O2. The molecule has 0 aromatic carbocycles. The third-order valence-corrected chi connectivity index (χ3v) is 2.91. The predicted octanol–water partition coefficient (Wildman–Crippen LogP) is 0.810. The van der Waals surface area contributed by atoms with Gasteiger partial charge in [0.25, 0.3) is 0 Å². The van der Waals surface area contributed by atoms with Crippen LogP contribution in [0.3, 0.4) is 0 Å². The van der Waals surface area contributed by atoms with E-state index in [1.165, 1.54) is 0 Å². The minimum absolute atomic E-state index is 0.197. The second-order valence-electron chi connectivity index (χ2n) is 5.29. The molecule has 1 amide bonds. The SMILES string of the molecule is CC(C)(C)OC(=O)N1C[C@@H]2C(N)[C@H]2C1. The normalized spacial score (nSPS) is 35.4. The van der Waals surface area contributed by atoms with Gasteiger partial charge in [0.1, 0.15) is 5.60 Å². The van der Waals surface area contributed by atoms with Gasteiger partial charge in [0.2, 0.25) is 0 Å². The molecule has 80 valence electrons. The largest absolute Gasteiger partial charge is 0.444 e. The lowest BCUT2D eigenvalue weighted by molar-refractivity contribution is 0.0271. The zero-order valence-corrected chi connectivity index (χ0v) is 8.99. The molecule has 2 N–H and O–H groups in total. The Labute approximate surface area is 84.4 Å². The number of fused-ring (bicyclic) bond motifs is 1. The Kier molecular flexibility index (Phi) is 2.00. The lowest BCUT2D eigenvalue weighted by atomic mass is 10.2. The highest BCUT2D eigenvalue weighted by molar-refractivity contribution is 5.69. The number of carbonyl (C=O) groups is 1. The molecule has 2 rings (SSSR count). The van der Waals surface area contributed by atoms with E-state index in [0.717, 1.165) is 13.1 Å². The van der Waals surface area contributed by atoms with Crippen LogP contribution in [0.1, 0.15) is 20.8 Å². The summed E-state index contributed by atoms with van der Waals surface area (Å²) in [7, 11) is 0. The van der Waals surface area contributed by atoms with E-state index < -0.39 is 5.60 Å². The molecule has 14 heavy (non-hydrogen) atoms. The number of nitrogens with zero attached hydrogens (tertiary/aromatic N) is 1.